The Morgan fingerprint density at radius 3 is 2.81 bits per heavy atom. The molecule has 0 saturated heterocycles. The second kappa shape index (κ2) is 6.50. The fraction of sp³-hybridized carbons (Fsp3) is 0.611. The maximum atomic E-state index is 12.6. The SMILES string of the molecule is Nc1ccc2c(c1)CCCN2C(=O)CCC1CCCCC1. The predicted molar refractivity (Wildman–Crippen MR) is 87.3 cm³/mol. The smallest absolute Gasteiger partial charge is 0.226 e. The summed E-state index contributed by atoms with van der Waals surface area (Å²) < 4.78 is 0. The number of carbonyl (C=O) groups is 1. The van der Waals surface area contributed by atoms with Gasteiger partial charge >= 0.3 is 0 Å². The largest absolute Gasteiger partial charge is 0.399 e. The second-order valence-electron chi connectivity index (χ2n) is 6.58. The summed E-state index contributed by atoms with van der Waals surface area (Å²) in [5.41, 5.74) is 8.97. The maximum Gasteiger partial charge on any atom is 0.226 e. The summed E-state index contributed by atoms with van der Waals surface area (Å²) in [5, 5.41) is 0. The fourth-order valence-corrected chi connectivity index (χ4v) is 3.81. The van der Waals surface area contributed by atoms with E-state index in [2.05, 4.69) is 0 Å². The Balaban J connectivity index is 1.63. The van der Waals surface area contributed by atoms with Crippen LogP contribution in [0.5, 0.6) is 0 Å². The minimum atomic E-state index is 0.297. The molecule has 1 aromatic carbocycles. The third kappa shape index (κ3) is 3.39. The van der Waals surface area contributed by atoms with E-state index in [-0.39, 0.29) is 0 Å². The number of amides is 1. The van der Waals surface area contributed by atoms with E-state index in [0.717, 1.165) is 43.1 Å². The summed E-state index contributed by atoms with van der Waals surface area (Å²) >= 11 is 0. The Kier molecular flexibility index (Phi) is 4.47. The van der Waals surface area contributed by atoms with Crippen LogP contribution in [0.2, 0.25) is 0 Å². The molecule has 0 spiro atoms. The number of nitrogens with two attached hydrogens (primary N) is 1. The Morgan fingerprint density at radius 1 is 1.19 bits per heavy atom. The van der Waals surface area contributed by atoms with Gasteiger partial charge in [-0.3, -0.25) is 4.79 Å². The quantitative estimate of drug-likeness (QED) is 0.856. The molecule has 1 amide bonds. The third-order valence-electron chi connectivity index (χ3n) is 5.01. The molecule has 0 radical (unpaired) electrons. The van der Waals surface area contributed by atoms with Crippen LogP contribution in [0.15, 0.2) is 18.2 Å². The highest BCUT2D eigenvalue weighted by Crippen LogP contribution is 2.31. The molecule has 0 aromatic heterocycles. The molecule has 114 valence electrons. The molecule has 3 nitrogen and oxygen atoms in total. The zero-order valence-corrected chi connectivity index (χ0v) is 12.8. The van der Waals surface area contributed by atoms with Crippen molar-refractivity contribution >= 4 is 17.3 Å². The lowest BCUT2D eigenvalue weighted by Gasteiger charge is -2.30. The topological polar surface area (TPSA) is 46.3 Å². The van der Waals surface area contributed by atoms with Gasteiger partial charge in [0.05, 0.1) is 0 Å². The molecule has 0 bridgehead atoms. The highest BCUT2D eigenvalue weighted by atomic mass is 16.2. The average molecular weight is 286 g/mol. The first-order chi connectivity index (χ1) is 10.2. The van der Waals surface area contributed by atoms with Crippen molar-refractivity contribution in [1.82, 2.24) is 0 Å². The average Bonchev–Trinajstić information content (AvgIpc) is 2.52. The number of carbonyl (C=O) groups excluding carboxylic acids is 1. The van der Waals surface area contributed by atoms with Gasteiger partial charge in [0.1, 0.15) is 0 Å². The molecule has 3 heteroatoms. The van der Waals surface area contributed by atoms with Crippen molar-refractivity contribution in [2.75, 3.05) is 17.2 Å². The Labute approximate surface area is 127 Å². The van der Waals surface area contributed by atoms with E-state index in [1.54, 1.807) is 0 Å². The van der Waals surface area contributed by atoms with Gasteiger partial charge < -0.3 is 10.6 Å². The van der Waals surface area contributed by atoms with Crippen LogP contribution in [-0.4, -0.2) is 12.5 Å². The molecule has 0 atom stereocenters. The van der Waals surface area contributed by atoms with Gasteiger partial charge in [-0.15, -0.1) is 0 Å². The molecular weight excluding hydrogens is 260 g/mol. The number of hydrogen-bond donors (Lipinski definition) is 1. The van der Waals surface area contributed by atoms with Crippen molar-refractivity contribution in [3.63, 3.8) is 0 Å². The molecule has 1 aromatic rings. The number of fused-ring (bicyclic) bond motifs is 1. The maximum absolute atomic E-state index is 12.6. The lowest BCUT2D eigenvalue weighted by molar-refractivity contribution is -0.119. The second-order valence-corrected chi connectivity index (χ2v) is 6.58. The summed E-state index contributed by atoms with van der Waals surface area (Å²) in [6.45, 7) is 0.862. The molecule has 1 saturated carbocycles. The van der Waals surface area contributed by atoms with Crippen LogP contribution in [0.1, 0.15) is 56.9 Å². The predicted octanol–water partition coefficient (Wildman–Crippen LogP) is 3.91. The van der Waals surface area contributed by atoms with Crippen molar-refractivity contribution in [2.45, 2.75) is 57.8 Å². The monoisotopic (exact) mass is 286 g/mol. The van der Waals surface area contributed by atoms with E-state index in [9.17, 15) is 4.79 Å². The molecule has 21 heavy (non-hydrogen) atoms. The van der Waals surface area contributed by atoms with Gasteiger partial charge in [-0.2, -0.15) is 0 Å². The molecule has 1 aliphatic carbocycles. The van der Waals surface area contributed by atoms with Gasteiger partial charge in [0, 0.05) is 24.3 Å². The van der Waals surface area contributed by atoms with Crippen molar-refractivity contribution in [3.05, 3.63) is 23.8 Å². The van der Waals surface area contributed by atoms with Crippen LogP contribution in [0.3, 0.4) is 0 Å². The molecule has 3 rings (SSSR count). The van der Waals surface area contributed by atoms with Crippen molar-refractivity contribution < 1.29 is 4.79 Å². The number of aryl methyl sites for hydroxylation is 1. The summed E-state index contributed by atoms with van der Waals surface area (Å²) in [5.74, 6) is 1.07. The van der Waals surface area contributed by atoms with Crippen molar-refractivity contribution in [3.8, 4) is 0 Å². The zero-order chi connectivity index (χ0) is 14.7. The minimum Gasteiger partial charge on any atom is -0.399 e. The van der Waals surface area contributed by atoms with Crippen molar-refractivity contribution in [2.24, 2.45) is 5.92 Å². The summed E-state index contributed by atoms with van der Waals surface area (Å²) in [6.07, 6.45) is 10.6. The van der Waals surface area contributed by atoms with Crippen LogP contribution in [0.4, 0.5) is 11.4 Å². The highest BCUT2D eigenvalue weighted by molar-refractivity contribution is 5.94. The number of anilines is 2. The minimum absolute atomic E-state index is 0.297. The van der Waals surface area contributed by atoms with Gasteiger partial charge in [-0.05, 0) is 48.9 Å². The van der Waals surface area contributed by atoms with E-state index >= 15 is 0 Å². The first-order valence-corrected chi connectivity index (χ1v) is 8.43. The Bertz CT molecular complexity index is 506. The highest BCUT2D eigenvalue weighted by Gasteiger charge is 2.23. The molecular formula is C18H26N2O. The van der Waals surface area contributed by atoms with E-state index in [4.69, 9.17) is 5.73 Å². The van der Waals surface area contributed by atoms with Crippen LogP contribution >= 0.6 is 0 Å². The van der Waals surface area contributed by atoms with Gasteiger partial charge in [0.15, 0.2) is 0 Å². The Morgan fingerprint density at radius 2 is 2.00 bits per heavy atom. The molecule has 2 N–H and O–H groups in total. The Hall–Kier alpha value is -1.51. The first-order valence-electron chi connectivity index (χ1n) is 8.43. The normalized spacial score (nSPS) is 19.3. The lowest BCUT2D eigenvalue weighted by Crippen LogP contribution is -2.35. The van der Waals surface area contributed by atoms with Gasteiger partial charge in [-0.25, -0.2) is 0 Å². The summed E-state index contributed by atoms with van der Waals surface area (Å²) in [6, 6.07) is 5.95. The summed E-state index contributed by atoms with van der Waals surface area (Å²) in [7, 11) is 0. The van der Waals surface area contributed by atoms with Crippen LogP contribution in [0.25, 0.3) is 0 Å². The zero-order valence-electron chi connectivity index (χ0n) is 12.8. The fourth-order valence-electron chi connectivity index (χ4n) is 3.81. The third-order valence-corrected chi connectivity index (χ3v) is 5.01. The molecule has 1 fully saturated rings. The molecule has 1 aliphatic heterocycles. The molecule has 0 unspecified atom stereocenters. The molecule has 2 aliphatic rings. The number of hydrogen-bond acceptors (Lipinski definition) is 2. The van der Waals surface area contributed by atoms with Crippen LogP contribution < -0.4 is 10.6 Å². The van der Waals surface area contributed by atoms with E-state index in [1.807, 2.05) is 23.1 Å². The number of benzene rings is 1. The summed E-state index contributed by atoms with van der Waals surface area (Å²) in [4.78, 5) is 14.6. The molecule has 1 heterocycles. The van der Waals surface area contributed by atoms with Gasteiger partial charge in [-0.1, -0.05) is 32.1 Å². The number of nitrogens with zero attached hydrogens (tertiary/aromatic N) is 1. The van der Waals surface area contributed by atoms with E-state index in [1.165, 1.54) is 37.7 Å². The number of rotatable bonds is 3. The van der Waals surface area contributed by atoms with Gasteiger partial charge in [0.2, 0.25) is 5.91 Å². The first kappa shape index (κ1) is 14.4. The van der Waals surface area contributed by atoms with Crippen LogP contribution in [0, 0.1) is 5.92 Å². The van der Waals surface area contributed by atoms with Crippen molar-refractivity contribution in [1.29, 1.82) is 0 Å². The van der Waals surface area contributed by atoms with E-state index in [0.29, 0.717) is 12.3 Å². The van der Waals surface area contributed by atoms with E-state index < -0.39 is 0 Å². The number of nitrogen functional groups attached to an aromatic ring is 1. The van der Waals surface area contributed by atoms with Gasteiger partial charge in [0.25, 0.3) is 0 Å². The lowest BCUT2D eigenvalue weighted by atomic mass is 9.86. The van der Waals surface area contributed by atoms with Crippen LogP contribution in [-0.2, 0) is 11.2 Å². The standard InChI is InChI=1S/C18H26N2O/c19-16-9-10-17-15(13-16)7-4-12-20(17)18(21)11-8-14-5-2-1-3-6-14/h9-10,13-14H,1-8,11-12,19H2.